The van der Waals surface area contributed by atoms with Gasteiger partial charge in [-0.1, -0.05) is 0 Å². The number of thioether (sulfide) groups is 1. The minimum atomic E-state index is -0.515. The highest BCUT2D eigenvalue weighted by atomic mass is 32.2. The SMILES string of the molecule is CN(c1cccnc1)c1ccc([N+](=O)[O-])c(Nc2ccc(N3CCSCC3)c(F)c2)n1. The molecule has 0 saturated carbocycles. The van der Waals surface area contributed by atoms with E-state index >= 15 is 0 Å². The van der Waals surface area contributed by atoms with E-state index in [-0.39, 0.29) is 17.3 Å². The summed E-state index contributed by atoms with van der Waals surface area (Å²) >= 11 is 1.85. The second kappa shape index (κ2) is 9.17. The Hall–Kier alpha value is -3.40. The molecule has 1 saturated heterocycles. The number of hydrogen-bond donors (Lipinski definition) is 1. The van der Waals surface area contributed by atoms with E-state index < -0.39 is 4.92 Å². The number of hydrogen-bond acceptors (Lipinski definition) is 8. The minimum Gasteiger partial charge on any atom is -0.368 e. The Morgan fingerprint density at radius 3 is 2.71 bits per heavy atom. The molecule has 3 heterocycles. The molecule has 1 fully saturated rings. The topological polar surface area (TPSA) is 87.4 Å². The zero-order valence-corrected chi connectivity index (χ0v) is 17.7. The first kappa shape index (κ1) is 20.9. The molecule has 0 aliphatic carbocycles. The fourth-order valence-corrected chi connectivity index (χ4v) is 4.24. The first-order valence-corrected chi connectivity index (χ1v) is 10.9. The predicted octanol–water partition coefficient (Wildman–Crippen LogP) is 4.59. The van der Waals surface area contributed by atoms with Crippen molar-refractivity contribution >= 4 is 46.1 Å². The molecule has 3 aromatic rings. The lowest BCUT2D eigenvalue weighted by Gasteiger charge is -2.29. The number of anilines is 5. The molecule has 10 heteroatoms. The summed E-state index contributed by atoms with van der Waals surface area (Å²) in [5.74, 6) is 2.09. The number of pyridine rings is 2. The summed E-state index contributed by atoms with van der Waals surface area (Å²) in [5.41, 5.74) is 1.52. The van der Waals surface area contributed by atoms with Crippen molar-refractivity contribution in [3.8, 4) is 0 Å². The van der Waals surface area contributed by atoms with Gasteiger partial charge in [-0.2, -0.15) is 11.8 Å². The van der Waals surface area contributed by atoms with Crippen LogP contribution < -0.4 is 15.1 Å². The van der Waals surface area contributed by atoms with Crippen molar-refractivity contribution in [1.29, 1.82) is 0 Å². The molecule has 1 aliphatic rings. The predicted molar refractivity (Wildman–Crippen MR) is 122 cm³/mol. The largest absolute Gasteiger partial charge is 0.368 e. The van der Waals surface area contributed by atoms with Crippen LogP contribution in [-0.4, -0.2) is 46.5 Å². The van der Waals surface area contributed by atoms with Gasteiger partial charge in [0.1, 0.15) is 11.6 Å². The molecule has 0 amide bonds. The van der Waals surface area contributed by atoms with Crippen LogP contribution in [0, 0.1) is 15.9 Å². The Morgan fingerprint density at radius 2 is 2.03 bits per heavy atom. The van der Waals surface area contributed by atoms with Crippen LogP contribution in [0.2, 0.25) is 0 Å². The molecule has 4 rings (SSSR count). The molecule has 8 nitrogen and oxygen atoms in total. The van der Waals surface area contributed by atoms with E-state index in [2.05, 4.69) is 15.3 Å². The minimum absolute atomic E-state index is 0.0414. The first-order chi connectivity index (χ1) is 15.0. The lowest BCUT2D eigenvalue weighted by atomic mass is 10.2. The molecule has 2 aromatic heterocycles. The summed E-state index contributed by atoms with van der Waals surface area (Å²) in [6.45, 7) is 1.59. The van der Waals surface area contributed by atoms with Crippen LogP contribution in [0.25, 0.3) is 0 Å². The second-order valence-electron chi connectivity index (χ2n) is 6.96. The number of halogens is 1. The van der Waals surface area contributed by atoms with Gasteiger partial charge in [-0.25, -0.2) is 9.37 Å². The number of nitrogens with zero attached hydrogens (tertiary/aromatic N) is 5. The molecular weight excluding hydrogens is 419 g/mol. The molecule has 0 atom stereocenters. The maximum Gasteiger partial charge on any atom is 0.311 e. The average molecular weight is 441 g/mol. The molecule has 1 aromatic carbocycles. The second-order valence-corrected chi connectivity index (χ2v) is 8.18. The van der Waals surface area contributed by atoms with E-state index in [0.29, 0.717) is 17.2 Å². The van der Waals surface area contributed by atoms with Crippen LogP contribution in [0.3, 0.4) is 0 Å². The lowest BCUT2D eigenvalue weighted by Crippen LogP contribution is -2.33. The molecule has 0 bridgehead atoms. The fraction of sp³-hybridized carbons (Fsp3) is 0.238. The Kier molecular flexibility index (Phi) is 6.17. The Bertz CT molecular complexity index is 1080. The average Bonchev–Trinajstić information content (AvgIpc) is 2.79. The standard InChI is InChI=1S/C21H21FN6O2S/c1-26(16-3-2-8-23-14-16)20-7-6-19(28(29)30)21(25-20)24-15-4-5-18(17(22)13-15)27-9-11-31-12-10-27/h2-8,13-14H,9-12H2,1H3,(H,24,25). The van der Waals surface area contributed by atoms with E-state index in [1.165, 1.54) is 12.1 Å². The Balaban J connectivity index is 1.62. The van der Waals surface area contributed by atoms with Gasteiger partial charge >= 0.3 is 5.69 Å². The van der Waals surface area contributed by atoms with E-state index in [4.69, 9.17) is 0 Å². The highest BCUT2D eigenvalue weighted by Gasteiger charge is 2.20. The quantitative estimate of drug-likeness (QED) is 0.440. The van der Waals surface area contributed by atoms with Gasteiger partial charge in [-0.05, 0) is 36.4 Å². The number of rotatable bonds is 6. The maximum absolute atomic E-state index is 14.8. The number of nitrogens with one attached hydrogen (secondary N) is 1. The van der Waals surface area contributed by atoms with Crippen molar-refractivity contribution in [1.82, 2.24) is 9.97 Å². The van der Waals surface area contributed by atoms with Crippen LogP contribution in [0.15, 0.2) is 54.9 Å². The van der Waals surface area contributed by atoms with E-state index in [1.54, 1.807) is 48.6 Å². The van der Waals surface area contributed by atoms with Crippen LogP contribution in [0.5, 0.6) is 0 Å². The summed E-state index contributed by atoms with van der Waals surface area (Å²) in [7, 11) is 1.79. The Morgan fingerprint density at radius 1 is 1.23 bits per heavy atom. The molecule has 0 unspecified atom stereocenters. The van der Waals surface area contributed by atoms with Crippen molar-refractivity contribution in [2.45, 2.75) is 0 Å². The van der Waals surface area contributed by atoms with Crippen molar-refractivity contribution in [3.63, 3.8) is 0 Å². The number of benzene rings is 1. The highest BCUT2D eigenvalue weighted by Crippen LogP contribution is 2.32. The van der Waals surface area contributed by atoms with Crippen LogP contribution in [0.4, 0.5) is 38.8 Å². The van der Waals surface area contributed by atoms with Gasteiger partial charge in [0.25, 0.3) is 0 Å². The summed E-state index contributed by atoms with van der Waals surface area (Å²) in [6.07, 6.45) is 3.33. The number of aromatic nitrogens is 2. The van der Waals surface area contributed by atoms with Crippen LogP contribution >= 0.6 is 11.8 Å². The van der Waals surface area contributed by atoms with Crippen LogP contribution in [0.1, 0.15) is 0 Å². The van der Waals surface area contributed by atoms with Gasteiger partial charge in [0.15, 0.2) is 0 Å². The zero-order valence-electron chi connectivity index (χ0n) is 16.9. The third-order valence-electron chi connectivity index (χ3n) is 5.00. The monoisotopic (exact) mass is 440 g/mol. The van der Waals surface area contributed by atoms with Crippen molar-refractivity contribution < 1.29 is 9.31 Å². The summed E-state index contributed by atoms with van der Waals surface area (Å²) < 4.78 is 14.8. The van der Waals surface area contributed by atoms with Gasteiger partial charge in [0.2, 0.25) is 5.82 Å². The van der Waals surface area contributed by atoms with Crippen molar-refractivity contribution in [2.24, 2.45) is 0 Å². The smallest absolute Gasteiger partial charge is 0.311 e. The van der Waals surface area contributed by atoms with Gasteiger partial charge in [-0.3, -0.25) is 15.1 Å². The molecule has 160 valence electrons. The van der Waals surface area contributed by atoms with Crippen molar-refractivity contribution in [2.75, 3.05) is 46.8 Å². The van der Waals surface area contributed by atoms with Gasteiger partial charge < -0.3 is 15.1 Å². The highest BCUT2D eigenvalue weighted by molar-refractivity contribution is 7.99. The molecule has 1 aliphatic heterocycles. The third-order valence-corrected chi connectivity index (χ3v) is 5.94. The lowest BCUT2D eigenvalue weighted by molar-refractivity contribution is -0.384. The van der Waals surface area contributed by atoms with Crippen molar-refractivity contribution in [3.05, 3.63) is 70.8 Å². The molecule has 0 radical (unpaired) electrons. The van der Waals surface area contributed by atoms with Crippen LogP contribution in [-0.2, 0) is 0 Å². The molecule has 1 N–H and O–H groups in total. The molecule has 0 spiro atoms. The van der Waals surface area contributed by atoms with Gasteiger partial charge in [0.05, 0.1) is 22.5 Å². The normalized spacial score (nSPS) is 13.7. The third kappa shape index (κ3) is 4.69. The maximum atomic E-state index is 14.8. The van der Waals surface area contributed by atoms with Gasteiger partial charge in [-0.15, -0.1) is 0 Å². The molecule has 31 heavy (non-hydrogen) atoms. The molecular formula is C21H21FN6O2S. The van der Waals surface area contributed by atoms with E-state index in [1.807, 2.05) is 22.7 Å². The zero-order chi connectivity index (χ0) is 21.8. The Labute approximate surface area is 183 Å². The summed E-state index contributed by atoms with van der Waals surface area (Å²) in [5, 5.41) is 14.4. The summed E-state index contributed by atoms with van der Waals surface area (Å²) in [4.78, 5) is 23.3. The van der Waals surface area contributed by atoms with E-state index in [0.717, 1.165) is 30.3 Å². The fourth-order valence-electron chi connectivity index (χ4n) is 3.33. The van der Waals surface area contributed by atoms with Gasteiger partial charge in [0, 0.05) is 49.6 Å². The van der Waals surface area contributed by atoms with E-state index in [9.17, 15) is 14.5 Å². The first-order valence-electron chi connectivity index (χ1n) is 9.71. The summed E-state index contributed by atoms with van der Waals surface area (Å²) in [6, 6.07) is 11.4. The number of nitro groups is 1.